The van der Waals surface area contributed by atoms with Gasteiger partial charge >= 0.3 is 0 Å². The van der Waals surface area contributed by atoms with Crippen LogP contribution < -0.4 is 5.32 Å². The molecule has 1 saturated heterocycles. The van der Waals surface area contributed by atoms with E-state index in [4.69, 9.17) is 0 Å². The van der Waals surface area contributed by atoms with Crippen molar-refractivity contribution >= 4 is 5.52 Å². The van der Waals surface area contributed by atoms with Gasteiger partial charge in [-0.3, -0.25) is 0 Å². The molecule has 0 radical (unpaired) electrons. The summed E-state index contributed by atoms with van der Waals surface area (Å²) in [5.74, 6) is 0.722. The molecule has 1 N–H and O–H groups in total. The summed E-state index contributed by atoms with van der Waals surface area (Å²) >= 11 is 0. The molecule has 0 amide bonds. The highest BCUT2D eigenvalue weighted by atomic mass is 19.1. The van der Waals surface area contributed by atoms with Crippen LogP contribution in [0.15, 0.2) is 24.5 Å². The van der Waals surface area contributed by atoms with Gasteiger partial charge in [-0.25, -0.2) is 9.37 Å². The van der Waals surface area contributed by atoms with Gasteiger partial charge < -0.3 is 9.72 Å². The van der Waals surface area contributed by atoms with Crippen LogP contribution in [0.5, 0.6) is 0 Å². The summed E-state index contributed by atoms with van der Waals surface area (Å²) in [7, 11) is 0. The molecule has 0 aromatic carbocycles. The molecule has 84 valence electrons. The zero-order chi connectivity index (χ0) is 11.0. The minimum atomic E-state index is -0.217. The highest BCUT2D eigenvalue weighted by Gasteiger charge is 2.16. The molecular weight excluding hydrogens is 205 g/mol. The van der Waals surface area contributed by atoms with Gasteiger partial charge in [0, 0.05) is 18.7 Å². The van der Waals surface area contributed by atoms with Crippen LogP contribution in [0.3, 0.4) is 0 Å². The van der Waals surface area contributed by atoms with Gasteiger partial charge in [-0.15, -0.1) is 0 Å². The summed E-state index contributed by atoms with van der Waals surface area (Å²) in [6.07, 6.45) is 6.58. The van der Waals surface area contributed by atoms with E-state index >= 15 is 0 Å². The molecule has 1 atom stereocenters. The van der Waals surface area contributed by atoms with Gasteiger partial charge in [0.05, 0.1) is 11.7 Å². The van der Waals surface area contributed by atoms with Crippen molar-refractivity contribution in [2.24, 2.45) is 0 Å². The predicted molar refractivity (Wildman–Crippen MR) is 59.9 cm³/mol. The number of pyridine rings is 1. The third-order valence-corrected chi connectivity index (χ3v) is 3.16. The minimum absolute atomic E-state index is 0.217. The molecule has 16 heavy (non-hydrogen) atoms. The Morgan fingerprint density at radius 2 is 2.44 bits per heavy atom. The van der Waals surface area contributed by atoms with Gasteiger partial charge in [0.25, 0.3) is 0 Å². The molecule has 0 saturated carbocycles. The molecule has 3 nitrogen and oxygen atoms in total. The number of hydrogen-bond acceptors (Lipinski definition) is 2. The Bertz CT molecular complexity index is 500. The van der Waals surface area contributed by atoms with Crippen molar-refractivity contribution in [3.63, 3.8) is 0 Å². The van der Waals surface area contributed by atoms with Crippen molar-refractivity contribution in [3.05, 3.63) is 36.2 Å². The van der Waals surface area contributed by atoms with Crippen LogP contribution in [-0.2, 0) is 6.42 Å². The van der Waals surface area contributed by atoms with Gasteiger partial charge in [0.1, 0.15) is 11.6 Å². The molecule has 0 spiro atoms. The average Bonchev–Trinajstić information content (AvgIpc) is 2.90. The van der Waals surface area contributed by atoms with Crippen LogP contribution in [0.1, 0.15) is 18.7 Å². The van der Waals surface area contributed by atoms with Crippen molar-refractivity contribution < 1.29 is 4.39 Å². The maximum atomic E-state index is 13.1. The molecule has 0 bridgehead atoms. The second kappa shape index (κ2) is 3.87. The van der Waals surface area contributed by atoms with Gasteiger partial charge in [-0.2, -0.15) is 0 Å². The smallest absolute Gasteiger partial charge is 0.139 e. The maximum Gasteiger partial charge on any atom is 0.139 e. The van der Waals surface area contributed by atoms with Crippen LogP contribution in [0, 0.1) is 5.82 Å². The van der Waals surface area contributed by atoms with E-state index in [0.29, 0.717) is 6.04 Å². The van der Waals surface area contributed by atoms with E-state index in [1.807, 2.05) is 4.40 Å². The van der Waals surface area contributed by atoms with E-state index in [0.717, 1.165) is 24.3 Å². The maximum absolute atomic E-state index is 13.1. The van der Waals surface area contributed by atoms with Gasteiger partial charge in [-0.05, 0) is 31.5 Å². The fourth-order valence-corrected chi connectivity index (χ4v) is 2.32. The topological polar surface area (TPSA) is 29.3 Å². The molecule has 1 aliphatic heterocycles. The predicted octanol–water partition coefficient (Wildman–Crippen LogP) is 1.77. The van der Waals surface area contributed by atoms with E-state index in [9.17, 15) is 4.39 Å². The van der Waals surface area contributed by atoms with Crippen molar-refractivity contribution in [2.45, 2.75) is 25.3 Å². The van der Waals surface area contributed by atoms with E-state index in [2.05, 4.69) is 10.3 Å². The van der Waals surface area contributed by atoms with E-state index in [1.54, 1.807) is 12.3 Å². The minimum Gasteiger partial charge on any atom is -0.314 e. The molecule has 1 unspecified atom stereocenters. The second-order valence-corrected chi connectivity index (χ2v) is 4.31. The standard InChI is InChI=1S/C12H14FN3/c13-9-3-4-11-7-15-12(16(11)8-9)6-10-2-1-5-14-10/h3-4,7-8,10,14H,1-2,5-6H2. The molecule has 2 aromatic heterocycles. The monoisotopic (exact) mass is 219 g/mol. The van der Waals surface area contributed by atoms with E-state index in [1.165, 1.54) is 25.1 Å². The molecule has 1 fully saturated rings. The van der Waals surface area contributed by atoms with Crippen LogP contribution >= 0.6 is 0 Å². The summed E-state index contributed by atoms with van der Waals surface area (Å²) in [5.41, 5.74) is 0.953. The Kier molecular flexibility index (Phi) is 2.36. The Balaban J connectivity index is 1.93. The number of imidazole rings is 1. The van der Waals surface area contributed by atoms with Crippen molar-refractivity contribution in [1.82, 2.24) is 14.7 Å². The number of rotatable bonds is 2. The summed E-state index contributed by atoms with van der Waals surface area (Å²) < 4.78 is 15.0. The van der Waals surface area contributed by atoms with Crippen molar-refractivity contribution in [3.8, 4) is 0 Å². The summed E-state index contributed by atoms with van der Waals surface area (Å²) in [6, 6.07) is 3.72. The third kappa shape index (κ3) is 1.69. The Morgan fingerprint density at radius 1 is 1.50 bits per heavy atom. The number of hydrogen-bond donors (Lipinski definition) is 1. The first-order chi connectivity index (χ1) is 7.83. The summed E-state index contributed by atoms with van der Waals surface area (Å²) in [4.78, 5) is 4.36. The zero-order valence-electron chi connectivity index (χ0n) is 8.99. The lowest BCUT2D eigenvalue weighted by molar-refractivity contribution is 0.578. The fraction of sp³-hybridized carbons (Fsp3) is 0.417. The highest BCUT2D eigenvalue weighted by molar-refractivity contribution is 5.45. The quantitative estimate of drug-likeness (QED) is 0.834. The number of nitrogens with one attached hydrogen (secondary N) is 1. The van der Waals surface area contributed by atoms with Crippen molar-refractivity contribution in [2.75, 3.05) is 6.54 Å². The largest absolute Gasteiger partial charge is 0.314 e. The van der Waals surface area contributed by atoms with Crippen LogP contribution in [0.4, 0.5) is 4.39 Å². The molecular formula is C12H14FN3. The lowest BCUT2D eigenvalue weighted by Crippen LogP contribution is -2.24. The number of fused-ring (bicyclic) bond motifs is 1. The van der Waals surface area contributed by atoms with Gasteiger partial charge in [0.15, 0.2) is 0 Å². The lowest BCUT2D eigenvalue weighted by atomic mass is 10.1. The first-order valence-electron chi connectivity index (χ1n) is 5.68. The van der Waals surface area contributed by atoms with Gasteiger partial charge in [0.2, 0.25) is 0 Å². The first-order valence-corrected chi connectivity index (χ1v) is 5.68. The lowest BCUT2D eigenvalue weighted by Gasteiger charge is -2.08. The second-order valence-electron chi connectivity index (χ2n) is 4.31. The van der Waals surface area contributed by atoms with E-state index < -0.39 is 0 Å². The van der Waals surface area contributed by atoms with Crippen LogP contribution in [-0.4, -0.2) is 22.0 Å². The Morgan fingerprint density at radius 3 is 3.25 bits per heavy atom. The SMILES string of the molecule is Fc1ccc2cnc(CC3CCCN3)n2c1. The molecule has 2 aromatic rings. The van der Waals surface area contributed by atoms with Crippen LogP contribution in [0.2, 0.25) is 0 Å². The summed E-state index contributed by atoms with van der Waals surface area (Å²) in [6.45, 7) is 1.09. The van der Waals surface area contributed by atoms with Crippen molar-refractivity contribution in [1.29, 1.82) is 0 Å². The fourth-order valence-electron chi connectivity index (χ4n) is 2.32. The Hall–Kier alpha value is -1.42. The molecule has 0 aliphatic carbocycles. The number of nitrogens with zero attached hydrogens (tertiary/aromatic N) is 2. The third-order valence-electron chi connectivity index (χ3n) is 3.16. The highest BCUT2D eigenvalue weighted by Crippen LogP contribution is 2.14. The first kappa shape index (κ1) is 9.78. The van der Waals surface area contributed by atoms with Crippen LogP contribution in [0.25, 0.3) is 5.52 Å². The Labute approximate surface area is 93.3 Å². The van der Waals surface area contributed by atoms with E-state index in [-0.39, 0.29) is 5.82 Å². The zero-order valence-corrected chi connectivity index (χ0v) is 8.99. The molecule has 3 rings (SSSR count). The summed E-state index contributed by atoms with van der Waals surface area (Å²) in [5, 5.41) is 3.43. The molecule has 4 heteroatoms. The normalized spacial score (nSPS) is 20.7. The molecule has 3 heterocycles. The average molecular weight is 219 g/mol. The number of aromatic nitrogens is 2. The molecule has 1 aliphatic rings. The van der Waals surface area contributed by atoms with Gasteiger partial charge in [-0.1, -0.05) is 0 Å². The number of halogens is 1.